The van der Waals surface area contributed by atoms with Gasteiger partial charge in [0.05, 0.1) is 12.7 Å². The minimum absolute atomic E-state index is 0.0634. The Hall–Kier alpha value is -1.34. The first-order valence-corrected chi connectivity index (χ1v) is 7.78. The third kappa shape index (κ3) is 3.47. The van der Waals surface area contributed by atoms with Gasteiger partial charge in [0, 0.05) is 36.8 Å². The topological polar surface area (TPSA) is 45.6 Å². The summed E-state index contributed by atoms with van der Waals surface area (Å²) in [6.45, 7) is 2.38. The number of aliphatic hydroxyl groups excluding tert-OH is 1. The second kappa shape index (κ2) is 6.62. The van der Waals surface area contributed by atoms with Gasteiger partial charge in [-0.3, -0.25) is 4.90 Å². The van der Waals surface area contributed by atoms with Gasteiger partial charge >= 0.3 is 0 Å². The molecule has 3 rings (SSSR count). The third-order valence-electron chi connectivity index (χ3n) is 3.57. The van der Waals surface area contributed by atoms with Gasteiger partial charge < -0.3 is 9.84 Å². The third-order valence-corrected chi connectivity index (χ3v) is 4.44. The highest BCUT2D eigenvalue weighted by Crippen LogP contribution is 2.25. The minimum atomic E-state index is -0.832. The van der Waals surface area contributed by atoms with Crippen LogP contribution in [-0.4, -0.2) is 41.2 Å². The van der Waals surface area contributed by atoms with E-state index >= 15 is 0 Å². The molecule has 2 heterocycles. The number of thiazole rings is 1. The van der Waals surface area contributed by atoms with Crippen LogP contribution >= 0.6 is 11.3 Å². The van der Waals surface area contributed by atoms with Crippen LogP contribution < -0.4 is 0 Å². The van der Waals surface area contributed by atoms with Gasteiger partial charge in [0.25, 0.3) is 0 Å². The van der Waals surface area contributed by atoms with Crippen LogP contribution in [0.5, 0.6) is 0 Å². The van der Waals surface area contributed by atoms with E-state index in [9.17, 15) is 9.50 Å². The van der Waals surface area contributed by atoms with Crippen molar-refractivity contribution in [1.29, 1.82) is 0 Å². The van der Waals surface area contributed by atoms with E-state index in [4.69, 9.17) is 4.74 Å². The monoisotopic (exact) mass is 308 g/mol. The molecule has 0 bridgehead atoms. The number of aromatic nitrogens is 1. The molecule has 0 spiro atoms. The molecule has 1 aromatic carbocycles. The summed E-state index contributed by atoms with van der Waals surface area (Å²) >= 11 is 1.56. The molecule has 0 saturated carbocycles. The van der Waals surface area contributed by atoms with Gasteiger partial charge in [0.15, 0.2) is 0 Å². The number of rotatable bonds is 4. The van der Waals surface area contributed by atoms with E-state index < -0.39 is 6.10 Å². The maximum absolute atomic E-state index is 13.7. The van der Waals surface area contributed by atoms with Gasteiger partial charge in [-0.05, 0) is 6.07 Å². The van der Waals surface area contributed by atoms with Crippen LogP contribution in [0.3, 0.4) is 0 Å². The van der Waals surface area contributed by atoms with Crippen molar-refractivity contribution < 1.29 is 14.2 Å². The summed E-state index contributed by atoms with van der Waals surface area (Å²) in [6.07, 6.45) is 0.865. The summed E-state index contributed by atoms with van der Waals surface area (Å²) in [6, 6.07) is 6.35. The van der Waals surface area contributed by atoms with Crippen LogP contribution in [-0.2, 0) is 4.74 Å². The van der Waals surface area contributed by atoms with E-state index in [0.717, 1.165) is 11.6 Å². The molecule has 1 aliphatic rings. The summed E-state index contributed by atoms with van der Waals surface area (Å²) in [5.74, 6) is -0.366. The number of hydrogen-bond acceptors (Lipinski definition) is 5. The van der Waals surface area contributed by atoms with Crippen LogP contribution in [0.2, 0.25) is 0 Å². The number of benzene rings is 1. The zero-order valence-corrected chi connectivity index (χ0v) is 12.3. The van der Waals surface area contributed by atoms with Crippen molar-refractivity contribution in [3.05, 3.63) is 52.2 Å². The lowest BCUT2D eigenvalue weighted by molar-refractivity contribution is -0.0427. The van der Waals surface area contributed by atoms with Crippen LogP contribution in [0, 0.1) is 5.82 Å². The Morgan fingerprint density at radius 1 is 1.48 bits per heavy atom. The Morgan fingerprint density at radius 3 is 3.10 bits per heavy atom. The fourth-order valence-electron chi connectivity index (χ4n) is 2.50. The molecule has 1 aliphatic heterocycles. The average molecular weight is 308 g/mol. The maximum Gasteiger partial charge on any atom is 0.129 e. The summed E-state index contributed by atoms with van der Waals surface area (Å²) in [5, 5.41) is 13.1. The van der Waals surface area contributed by atoms with E-state index in [-0.39, 0.29) is 11.9 Å². The normalized spacial score (nSPS) is 21.3. The largest absolute Gasteiger partial charge is 0.387 e. The Morgan fingerprint density at radius 2 is 2.33 bits per heavy atom. The first-order chi connectivity index (χ1) is 10.2. The summed E-state index contributed by atoms with van der Waals surface area (Å²) in [7, 11) is 0. The first kappa shape index (κ1) is 14.6. The van der Waals surface area contributed by atoms with Crippen molar-refractivity contribution >= 4 is 11.3 Å². The molecular formula is C15H17FN2O2S. The number of β-amino-alcohol motifs (C(OH)–C–C–N with tert-alkyl or cyclic N) is 1. The number of halogens is 1. The van der Waals surface area contributed by atoms with Crippen molar-refractivity contribution in [2.24, 2.45) is 0 Å². The molecule has 0 amide bonds. The van der Waals surface area contributed by atoms with Crippen molar-refractivity contribution in [2.45, 2.75) is 12.2 Å². The molecule has 112 valence electrons. The van der Waals surface area contributed by atoms with E-state index in [1.54, 1.807) is 35.7 Å². The van der Waals surface area contributed by atoms with Gasteiger partial charge in [-0.25, -0.2) is 9.37 Å². The fourth-order valence-corrected chi connectivity index (χ4v) is 3.18. The average Bonchev–Trinajstić information content (AvgIpc) is 3.02. The van der Waals surface area contributed by atoms with E-state index in [2.05, 4.69) is 9.88 Å². The SMILES string of the molecule is O[C@H](CN1CCO[C@H](c2nccs2)C1)c1ccccc1F. The smallest absolute Gasteiger partial charge is 0.129 e. The first-order valence-electron chi connectivity index (χ1n) is 6.90. The van der Waals surface area contributed by atoms with Crippen LogP contribution in [0.15, 0.2) is 35.8 Å². The maximum atomic E-state index is 13.7. The number of morpholine rings is 1. The van der Waals surface area contributed by atoms with Crippen LogP contribution in [0.25, 0.3) is 0 Å². The van der Waals surface area contributed by atoms with Crippen LogP contribution in [0.1, 0.15) is 22.8 Å². The zero-order chi connectivity index (χ0) is 14.7. The molecule has 21 heavy (non-hydrogen) atoms. The second-order valence-electron chi connectivity index (χ2n) is 5.03. The summed E-state index contributed by atoms with van der Waals surface area (Å²) < 4.78 is 19.4. The lowest BCUT2D eigenvalue weighted by atomic mass is 10.1. The Balaban J connectivity index is 1.63. The van der Waals surface area contributed by atoms with Gasteiger partial charge in [0.1, 0.15) is 16.9 Å². The number of ether oxygens (including phenoxy) is 1. The van der Waals surface area contributed by atoms with Crippen molar-refractivity contribution in [3.63, 3.8) is 0 Å². The molecule has 1 fully saturated rings. The lowest BCUT2D eigenvalue weighted by Gasteiger charge is -2.33. The van der Waals surface area contributed by atoms with E-state index in [0.29, 0.717) is 25.3 Å². The molecule has 1 saturated heterocycles. The Kier molecular flexibility index (Phi) is 4.60. The molecule has 1 aromatic heterocycles. The van der Waals surface area contributed by atoms with Crippen molar-refractivity contribution in [1.82, 2.24) is 9.88 Å². The second-order valence-corrected chi connectivity index (χ2v) is 5.95. The molecule has 6 heteroatoms. The molecule has 1 N–H and O–H groups in total. The number of hydrogen-bond donors (Lipinski definition) is 1. The molecule has 0 aliphatic carbocycles. The van der Waals surface area contributed by atoms with Crippen molar-refractivity contribution in [2.75, 3.05) is 26.2 Å². The zero-order valence-electron chi connectivity index (χ0n) is 11.5. The van der Waals surface area contributed by atoms with Gasteiger partial charge in [-0.15, -0.1) is 11.3 Å². The summed E-state index contributed by atoms with van der Waals surface area (Å²) in [4.78, 5) is 6.36. The highest BCUT2D eigenvalue weighted by atomic mass is 32.1. The minimum Gasteiger partial charge on any atom is -0.387 e. The molecule has 2 aromatic rings. The lowest BCUT2D eigenvalue weighted by Crippen LogP contribution is -2.40. The summed E-state index contributed by atoms with van der Waals surface area (Å²) in [5.41, 5.74) is 0.342. The van der Waals surface area contributed by atoms with Crippen molar-refractivity contribution in [3.8, 4) is 0 Å². The van der Waals surface area contributed by atoms with E-state index in [1.807, 2.05) is 5.38 Å². The van der Waals surface area contributed by atoms with Gasteiger partial charge in [-0.2, -0.15) is 0 Å². The Bertz CT molecular complexity index is 579. The number of aliphatic hydroxyl groups is 1. The fraction of sp³-hybridized carbons (Fsp3) is 0.400. The Labute approximate surface area is 126 Å². The van der Waals surface area contributed by atoms with Gasteiger partial charge in [0.2, 0.25) is 0 Å². The highest BCUT2D eigenvalue weighted by molar-refractivity contribution is 7.09. The number of nitrogens with zero attached hydrogens (tertiary/aromatic N) is 2. The molecule has 2 atom stereocenters. The van der Waals surface area contributed by atoms with E-state index in [1.165, 1.54) is 6.07 Å². The van der Waals surface area contributed by atoms with Gasteiger partial charge in [-0.1, -0.05) is 18.2 Å². The molecule has 0 unspecified atom stereocenters. The predicted octanol–water partition coefficient (Wildman–Crippen LogP) is 2.39. The van der Waals surface area contributed by atoms with Crippen LogP contribution in [0.4, 0.5) is 4.39 Å². The predicted molar refractivity (Wildman–Crippen MR) is 78.6 cm³/mol. The molecule has 4 nitrogen and oxygen atoms in total. The highest BCUT2D eigenvalue weighted by Gasteiger charge is 2.26. The quantitative estimate of drug-likeness (QED) is 0.942. The molecule has 0 radical (unpaired) electrons. The standard InChI is InChI=1S/C15H17FN2O2S/c16-12-4-2-1-3-11(12)13(19)9-18-6-7-20-14(10-18)15-17-5-8-21-15/h1-5,8,13-14,19H,6-7,9-10H2/t13-,14+/m1/s1. The molecular weight excluding hydrogens is 291 g/mol.